The first-order chi connectivity index (χ1) is 8.65. The van der Waals surface area contributed by atoms with Gasteiger partial charge in [0.2, 0.25) is 6.10 Å². The van der Waals surface area contributed by atoms with Gasteiger partial charge in [0.1, 0.15) is 5.75 Å². The Bertz CT molecular complexity index is 506. The highest BCUT2D eigenvalue weighted by atomic mass is 16.5. The van der Waals surface area contributed by atoms with Crippen LogP contribution in [0.1, 0.15) is 5.56 Å². The van der Waals surface area contributed by atoms with E-state index in [1.54, 1.807) is 35.4 Å². The molecule has 0 saturated carbocycles. The van der Waals surface area contributed by atoms with E-state index in [4.69, 9.17) is 9.84 Å². The molecule has 1 heterocycles. The van der Waals surface area contributed by atoms with Crippen molar-refractivity contribution in [3.63, 3.8) is 0 Å². The van der Waals surface area contributed by atoms with Gasteiger partial charge in [-0.2, -0.15) is 0 Å². The molecule has 1 aromatic carbocycles. The first kappa shape index (κ1) is 12.2. The van der Waals surface area contributed by atoms with Gasteiger partial charge >= 0.3 is 5.97 Å². The lowest BCUT2D eigenvalue weighted by Crippen LogP contribution is -2.31. The standard InChI is InChI=1S/C13H14N2O3/c1-10-2-4-11(5-3-10)18-12(13(16)17)8-15-7-6-14-9-15/h2-7,9,12H,8H2,1H3,(H,16,17). The Hall–Kier alpha value is -2.30. The van der Waals surface area contributed by atoms with Crippen LogP contribution in [-0.2, 0) is 11.3 Å². The number of carbonyl (C=O) groups is 1. The molecular weight excluding hydrogens is 232 g/mol. The number of carboxylic acids is 1. The van der Waals surface area contributed by atoms with E-state index in [0.29, 0.717) is 5.75 Å². The first-order valence-electron chi connectivity index (χ1n) is 5.57. The van der Waals surface area contributed by atoms with E-state index in [2.05, 4.69) is 4.98 Å². The number of nitrogens with zero attached hydrogens (tertiary/aromatic N) is 2. The molecule has 18 heavy (non-hydrogen) atoms. The molecule has 1 N–H and O–H groups in total. The van der Waals surface area contributed by atoms with Gasteiger partial charge in [0.15, 0.2) is 0 Å². The van der Waals surface area contributed by atoms with Crippen molar-refractivity contribution < 1.29 is 14.6 Å². The zero-order valence-electron chi connectivity index (χ0n) is 9.98. The lowest BCUT2D eigenvalue weighted by atomic mass is 10.2. The molecule has 0 aliphatic rings. The van der Waals surface area contributed by atoms with Crippen molar-refractivity contribution in [3.05, 3.63) is 48.5 Å². The Morgan fingerprint density at radius 3 is 2.72 bits per heavy atom. The summed E-state index contributed by atoms with van der Waals surface area (Å²) >= 11 is 0. The van der Waals surface area contributed by atoms with E-state index >= 15 is 0 Å². The molecule has 2 rings (SSSR count). The second-order valence-corrected chi connectivity index (χ2v) is 4.02. The van der Waals surface area contributed by atoms with Crippen LogP contribution in [0.25, 0.3) is 0 Å². The zero-order valence-corrected chi connectivity index (χ0v) is 9.98. The predicted molar refractivity (Wildman–Crippen MR) is 65.5 cm³/mol. The summed E-state index contributed by atoms with van der Waals surface area (Å²) in [6.45, 7) is 2.19. The molecule has 0 bridgehead atoms. The van der Waals surface area contributed by atoms with Crippen LogP contribution in [0.2, 0.25) is 0 Å². The van der Waals surface area contributed by atoms with Crippen LogP contribution < -0.4 is 4.74 Å². The minimum absolute atomic E-state index is 0.225. The number of benzene rings is 1. The van der Waals surface area contributed by atoms with Crippen molar-refractivity contribution in [2.75, 3.05) is 0 Å². The summed E-state index contributed by atoms with van der Waals surface area (Å²) in [5.41, 5.74) is 1.10. The second-order valence-electron chi connectivity index (χ2n) is 4.02. The summed E-state index contributed by atoms with van der Waals surface area (Å²) in [5, 5.41) is 9.13. The lowest BCUT2D eigenvalue weighted by molar-refractivity contribution is -0.145. The summed E-state index contributed by atoms with van der Waals surface area (Å²) < 4.78 is 7.13. The molecule has 1 aromatic heterocycles. The summed E-state index contributed by atoms with van der Waals surface area (Å²) in [6.07, 6.45) is 3.94. The summed E-state index contributed by atoms with van der Waals surface area (Å²) in [7, 11) is 0. The van der Waals surface area contributed by atoms with Gasteiger partial charge in [-0.15, -0.1) is 0 Å². The quantitative estimate of drug-likeness (QED) is 0.872. The van der Waals surface area contributed by atoms with E-state index in [0.717, 1.165) is 5.56 Å². The number of hydrogen-bond donors (Lipinski definition) is 1. The number of carboxylic acid groups (broad SMARTS) is 1. The van der Waals surface area contributed by atoms with E-state index in [1.165, 1.54) is 0 Å². The highest BCUT2D eigenvalue weighted by Crippen LogP contribution is 2.14. The van der Waals surface area contributed by atoms with Gasteiger partial charge in [-0.3, -0.25) is 0 Å². The number of hydrogen-bond acceptors (Lipinski definition) is 3. The summed E-state index contributed by atoms with van der Waals surface area (Å²) in [6, 6.07) is 7.29. The van der Waals surface area contributed by atoms with Crippen molar-refractivity contribution in [1.29, 1.82) is 0 Å². The molecule has 0 radical (unpaired) electrons. The van der Waals surface area contributed by atoms with Crippen molar-refractivity contribution in [3.8, 4) is 5.75 Å². The molecule has 0 fully saturated rings. The second kappa shape index (κ2) is 5.35. The normalized spacial score (nSPS) is 12.1. The van der Waals surface area contributed by atoms with E-state index in [9.17, 15) is 4.79 Å². The number of aliphatic carboxylic acids is 1. The summed E-state index contributed by atoms with van der Waals surface area (Å²) in [5.74, 6) is -0.447. The molecule has 0 aliphatic heterocycles. The third kappa shape index (κ3) is 3.10. The molecule has 0 amide bonds. The zero-order chi connectivity index (χ0) is 13.0. The molecule has 2 aromatic rings. The molecule has 1 unspecified atom stereocenters. The van der Waals surface area contributed by atoms with Crippen LogP contribution >= 0.6 is 0 Å². The van der Waals surface area contributed by atoms with Crippen molar-refractivity contribution in [1.82, 2.24) is 9.55 Å². The van der Waals surface area contributed by atoms with E-state index in [-0.39, 0.29) is 6.54 Å². The molecule has 0 aliphatic carbocycles. The third-order valence-corrected chi connectivity index (χ3v) is 2.51. The largest absolute Gasteiger partial charge is 0.478 e. The van der Waals surface area contributed by atoms with Gasteiger partial charge in [-0.05, 0) is 19.1 Å². The summed E-state index contributed by atoms with van der Waals surface area (Å²) in [4.78, 5) is 15.0. The van der Waals surface area contributed by atoms with Crippen LogP contribution in [0.3, 0.4) is 0 Å². The van der Waals surface area contributed by atoms with E-state index in [1.807, 2.05) is 19.1 Å². The third-order valence-electron chi connectivity index (χ3n) is 2.51. The monoisotopic (exact) mass is 246 g/mol. The smallest absolute Gasteiger partial charge is 0.346 e. The average molecular weight is 246 g/mol. The molecular formula is C13H14N2O3. The van der Waals surface area contributed by atoms with Crippen LogP contribution in [0.4, 0.5) is 0 Å². The number of aryl methyl sites for hydroxylation is 1. The number of imidazole rings is 1. The van der Waals surface area contributed by atoms with Gasteiger partial charge in [0.05, 0.1) is 12.9 Å². The number of aromatic nitrogens is 2. The molecule has 0 spiro atoms. The molecule has 94 valence electrons. The van der Waals surface area contributed by atoms with Gasteiger partial charge < -0.3 is 14.4 Å². The Morgan fingerprint density at radius 2 is 2.17 bits per heavy atom. The maximum atomic E-state index is 11.1. The van der Waals surface area contributed by atoms with Gasteiger partial charge in [-0.1, -0.05) is 17.7 Å². The first-order valence-corrected chi connectivity index (χ1v) is 5.57. The van der Waals surface area contributed by atoms with Gasteiger partial charge in [0, 0.05) is 12.4 Å². The van der Waals surface area contributed by atoms with E-state index < -0.39 is 12.1 Å². The van der Waals surface area contributed by atoms with Gasteiger partial charge in [-0.25, -0.2) is 9.78 Å². The minimum atomic E-state index is -0.996. The Labute approximate surface area is 105 Å². The number of ether oxygens (including phenoxy) is 1. The Kier molecular flexibility index (Phi) is 3.62. The van der Waals surface area contributed by atoms with Crippen molar-refractivity contribution in [2.45, 2.75) is 19.6 Å². The molecule has 5 heteroatoms. The highest BCUT2D eigenvalue weighted by Gasteiger charge is 2.19. The fraction of sp³-hybridized carbons (Fsp3) is 0.231. The van der Waals surface area contributed by atoms with Crippen molar-refractivity contribution >= 4 is 5.97 Å². The topological polar surface area (TPSA) is 64.4 Å². The van der Waals surface area contributed by atoms with Crippen LogP contribution in [0.15, 0.2) is 43.0 Å². The molecule has 5 nitrogen and oxygen atoms in total. The maximum absolute atomic E-state index is 11.1. The minimum Gasteiger partial charge on any atom is -0.478 e. The molecule has 0 saturated heterocycles. The Balaban J connectivity index is 2.06. The Morgan fingerprint density at radius 1 is 1.44 bits per heavy atom. The fourth-order valence-electron chi connectivity index (χ4n) is 1.53. The van der Waals surface area contributed by atoms with Crippen LogP contribution in [-0.4, -0.2) is 26.7 Å². The van der Waals surface area contributed by atoms with Gasteiger partial charge in [0.25, 0.3) is 0 Å². The lowest BCUT2D eigenvalue weighted by Gasteiger charge is -2.15. The van der Waals surface area contributed by atoms with Crippen molar-refractivity contribution in [2.24, 2.45) is 0 Å². The van der Waals surface area contributed by atoms with Crippen LogP contribution in [0.5, 0.6) is 5.75 Å². The predicted octanol–water partition coefficient (Wildman–Crippen LogP) is 1.72. The number of rotatable bonds is 5. The molecule has 1 atom stereocenters. The highest BCUT2D eigenvalue weighted by molar-refractivity contribution is 5.72. The maximum Gasteiger partial charge on any atom is 0.346 e. The SMILES string of the molecule is Cc1ccc(OC(Cn2ccnc2)C(=O)O)cc1. The fourth-order valence-corrected chi connectivity index (χ4v) is 1.53. The van der Waals surface area contributed by atoms with Crippen LogP contribution in [0, 0.1) is 6.92 Å². The average Bonchev–Trinajstić information content (AvgIpc) is 2.84.